The summed E-state index contributed by atoms with van der Waals surface area (Å²) in [6.07, 6.45) is 5.76. The average Bonchev–Trinajstić information content (AvgIpc) is 3.43. The second kappa shape index (κ2) is 7.31. The first kappa shape index (κ1) is 19.1. The third-order valence-electron chi connectivity index (χ3n) is 5.19. The van der Waals surface area contributed by atoms with Crippen molar-refractivity contribution < 1.29 is 13.6 Å². The van der Waals surface area contributed by atoms with E-state index in [-0.39, 0.29) is 11.7 Å². The van der Waals surface area contributed by atoms with Gasteiger partial charge >= 0.3 is 0 Å². The highest BCUT2D eigenvalue weighted by molar-refractivity contribution is 5.99. The van der Waals surface area contributed by atoms with Crippen LogP contribution in [-0.2, 0) is 13.5 Å². The maximum atomic E-state index is 14.5. The van der Waals surface area contributed by atoms with Gasteiger partial charge in [0.15, 0.2) is 17.4 Å². The topological polar surface area (TPSA) is 89.1 Å². The van der Waals surface area contributed by atoms with Gasteiger partial charge in [-0.25, -0.2) is 14.4 Å². The van der Waals surface area contributed by atoms with Crippen molar-refractivity contribution >= 4 is 11.7 Å². The molecule has 4 rings (SSSR count). The number of hydrogen-bond acceptors (Lipinski definition) is 6. The molecule has 1 unspecified atom stereocenters. The molecule has 4 heterocycles. The van der Waals surface area contributed by atoms with E-state index >= 15 is 0 Å². The third-order valence-corrected chi connectivity index (χ3v) is 5.19. The van der Waals surface area contributed by atoms with E-state index < -0.39 is 11.4 Å². The summed E-state index contributed by atoms with van der Waals surface area (Å²) in [5.41, 5.74) is 0.866. The Labute approximate surface area is 167 Å². The lowest BCUT2D eigenvalue weighted by atomic mass is 10.0. The first-order valence-electron chi connectivity index (χ1n) is 9.54. The van der Waals surface area contributed by atoms with Crippen molar-refractivity contribution in [1.29, 1.82) is 0 Å². The fraction of sp³-hybridized carbons (Fsp3) is 0.400. The number of furan rings is 1. The maximum Gasteiger partial charge on any atom is 0.257 e. The maximum absolute atomic E-state index is 14.5. The Balaban J connectivity index is 1.54. The Morgan fingerprint density at radius 3 is 2.97 bits per heavy atom. The molecule has 152 valence electrons. The first-order valence-corrected chi connectivity index (χ1v) is 9.54. The number of aromatic nitrogens is 4. The number of anilines is 1. The predicted molar refractivity (Wildman–Crippen MR) is 105 cm³/mol. The monoisotopic (exact) mass is 398 g/mol. The lowest BCUT2D eigenvalue weighted by Gasteiger charge is -2.27. The summed E-state index contributed by atoms with van der Waals surface area (Å²) in [6, 6.07) is 3.54. The van der Waals surface area contributed by atoms with Crippen molar-refractivity contribution in [2.24, 2.45) is 7.05 Å². The molecule has 1 aliphatic heterocycles. The zero-order valence-corrected chi connectivity index (χ0v) is 16.6. The lowest BCUT2D eigenvalue weighted by Crippen LogP contribution is -2.40. The fourth-order valence-electron chi connectivity index (χ4n) is 3.67. The van der Waals surface area contributed by atoms with E-state index in [4.69, 9.17) is 4.42 Å². The highest BCUT2D eigenvalue weighted by Gasteiger charge is 2.38. The van der Waals surface area contributed by atoms with E-state index in [0.29, 0.717) is 48.6 Å². The molecule has 9 heteroatoms. The largest absolute Gasteiger partial charge is 0.463 e. The SMILES string of the molecule is CCc1ncnc(NC2(C)CCN(C(=O)c3cn(C)nc3-c3ccco3)C2)c1F. The average molecular weight is 398 g/mol. The number of carbonyl (C=O) groups is 1. The minimum absolute atomic E-state index is 0.132. The van der Waals surface area contributed by atoms with Crippen LogP contribution in [0.5, 0.6) is 0 Å². The van der Waals surface area contributed by atoms with Crippen LogP contribution in [0.4, 0.5) is 10.2 Å². The summed E-state index contributed by atoms with van der Waals surface area (Å²) in [4.78, 5) is 22.9. The van der Waals surface area contributed by atoms with Gasteiger partial charge < -0.3 is 14.6 Å². The number of hydrogen-bond donors (Lipinski definition) is 1. The Hall–Kier alpha value is -3.23. The van der Waals surface area contributed by atoms with Gasteiger partial charge in [0.2, 0.25) is 0 Å². The number of nitrogens with one attached hydrogen (secondary N) is 1. The van der Waals surface area contributed by atoms with Crippen molar-refractivity contribution in [2.75, 3.05) is 18.4 Å². The van der Waals surface area contributed by atoms with Gasteiger partial charge in [-0.15, -0.1) is 0 Å². The van der Waals surface area contributed by atoms with Crippen molar-refractivity contribution in [1.82, 2.24) is 24.6 Å². The quantitative estimate of drug-likeness (QED) is 0.711. The van der Waals surface area contributed by atoms with Gasteiger partial charge in [-0.3, -0.25) is 9.48 Å². The van der Waals surface area contributed by atoms with E-state index in [0.717, 1.165) is 0 Å². The zero-order chi connectivity index (χ0) is 20.6. The van der Waals surface area contributed by atoms with Crippen molar-refractivity contribution in [3.8, 4) is 11.5 Å². The molecule has 1 aliphatic rings. The number of carbonyl (C=O) groups excluding carboxylic acids is 1. The molecule has 0 spiro atoms. The molecule has 1 amide bonds. The van der Waals surface area contributed by atoms with Crippen molar-refractivity contribution in [2.45, 2.75) is 32.2 Å². The minimum atomic E-state index is -0.497. The molecule has 0 radical (unpaired) electrons. The highest BCUT2D eigenvalue weighted by atomic mass is 19.1. The van der Waals surface area contributed by atoms with Crippen LogP contribution < -0.4 is 5.32 Å². The normalized spacial score (nSPS) is 19.0. The second-order valence-electron chi connectivity index (χ2n) is 7.54. The van der Waals surface area contributed by atoms with E-state index in [2.05, 4.69) is 20.4 Å². The molecule has 8 nitrogen and oxygen atoms in total. The van der Waals surface area contributed by atoms with Crippen LogP contribution in [-0.4, -0.2) is 49.2 Å². The Morgan fingerprint density at radius 2 is 2.24 bits per heavy atom. The van der Waals surface area contributed by atoms with Crippen LogP contribution in [0.3, 0.4) is 0 Å². The molecule has 1 fully saturated rings. The van der Waals surface area contributed by atoms with Gasteiger partial charge in [0.1, 0.15) is 12.0 Å². The van der Waals surface area contributed by atoms with Crippen LogP contribution in [0.1, 0.15) is 36.3 Å². The van der Waals surface area contributed by atoms with Crippen LogP contribution in [0.25, 0.3) is 11.5 Å². The Bertz CT molecular complexity index is 1030. The molecule has 3 aromatic heterocycles. The predicted octanol–water partition coefficient (Wildman–Crippen LogP) is 2.89. The summed E-state index contributed by atoms with van der Waals surface area (Å²) in [5.74, 6) is 0.149. The van der Waals surface area contributed by atoms with Crippen molar-refractivity contribution in [3.63, 3.8) is 0 Å². The summed E-state index contributed by atoms with van der Waals surface area (Å²) in [5, 5.41) is 7.56. The molecule has 3 aromatic rings. The van der Waals surface area contributed by atoms with Gasteiger partial charge in [0.25, 0.3) is 5.91 Å². The molecule has 0 aliphatic carbocycles. The number of amides is 1. The summed E-state index contributed by atoms with van der Waals surface area (Å²) in [6.45, 7) is 4.77. The molecular formula is C20H23FN6O2. The van der Waals surface area contributed by atoms with Crippen LogP contribution in [0.15, 0.2) is 35.3 Å². The van der Waals surface area contributed by atoms with E-state index in [9.17, 15) is 9.18 Å². The van der Waals surface area contributed by atoms with Crippen molar-refractivity contribution in [3.05, 3.63) is 48.0 Å². The highest BCUT2D eigenvalue weighted by Crippen LogP contribution is 2.30. The van der Waals surface area contributed by atoms with Gasteiger partial charge in [0, 0.05) is 26.3 Å². The molecule has 1 atom stereocenters. The lowest BCUT2D eigenvalue weighted by molar-refractivity contribution is 0.0787. The second-order valence-corrected chi connectivity index (χ2v) is 7.54. The number of nitrogens with zero attached hydrogens (tertiary/aromatic N) is 5. The molecule has 0 bridgehead atoms. The molecular weight excluding hydrogens is 375 g/mol. The van der Waals surface area contributed by atoms with Gasteiger partial charge in [-0.1, -0.05) is 6.92 Å². The van der Waals surface area contributed by atoms with Gasteiger partial charge in [-0.05, 0) is 31.9 Å². The minimum Gasteiger partial charge on any atom is -0.463 e. The summed E-state index contributed by atoms with van der Waals surface area (Å²) >= 11 is 0. The smallest absolute Gasteiger partial charge is 0.257 e. The Kier molecular flexibility index (Phi) is 4.81. The van der Waals surface area contributed by atoms with Gasteiger partial charge in [-0.2, -0.15) is 5.10 Å². The molecule has 1 saturated heterocycles. The first-order chi connectivity index (χ1) is 13.9. The standard InChI is InChI=1S/C20H23FN6O2/c1-4-14-16(21)18(23-12-22-14)24-20(2)7-8-27(11-20)19(28)13-10-26(3)25-17(13)15-6-5-9-29-15/h5-6,9-10,12H,4,7-8,11H2,1-3H3,(H,22,23,24). The Morgan fingerprint density at radius 1 is 1.41 bits per heavy atom. The van der Waals surface area contributed by atoms with E-state index in [1.807, 2.05) is 13.8 Å². The molecule has 0 aromatic carbocycles. The summed E-state index contributed by atoms with van der Waals surface area (Å²) < 4.78 is 21.6. The summed E-state index contributed by atoms with van der Waals surface area (Å²) in [7, 11) is 1.77. The number of likely N-dealkylation sites (tertiary alicyclic amines) is 1. The van der Waals surface area contributed by atoms with E-state index in [1.54, 1.807) is 41.2 Å². The molecule has 1 N–H and O–H groups in total. The molecule has 0 saturated carbocycles. The zero-order valence-electron chi connectivity index (χ0n) is 16.6. The number of aryl methyl sites for hydroxylation is 2. The van der Waals surface area contributed by atoms with Crippen LogP contribution in [0, 0.1) is 5.82 Å². The number of rotatable bonds is 5. The van der Waals surface area contributed by atoms with Gasteiger partial charge in [0.05, 0.1) is 23.1 Å². The fourth-order valence-corrected chi connectivity index (χ4v) is 3.67. The number of halogens is 1. The van der Waals surface area contributed by atoms with Crippen LogP contribution in [0.2, 0.25) is 0 Å². The third kappa shape index (κ3) is 3.59. The van der Waals surface area contributed by atoms with E-state index in [1.165, 1.54) is 6.33 Å². The van der Waals surface area contributed by atoms with Crippen LogP contribution >= 0.6 is 0 Å². The molecule has 29 heavy (non-hydrogen) atoms.